The van der Waals surface area contributed by atoms with Crippen LogP contribution in [0.5, 0.6) is 11.5 Å². The fourth-order valence-electron chi connectivity index (χ4n) is 2.39. The van der Waals surface area contributed by atoms with Crippen molar-refractivity contribution in [2.75, 3.05) is 19.5 Å². The third kappa shape index (κ3) is 3.63. The molecule has 7 nitrogen and oxygen atoms in total. The largest absolute Gasteiger partial charge is 0.497 e. The molecule has 130 valence electrons. The number of methoxy groups -OCH3 is 2. The number of fused-ring (bicyclic) bond motifs is 1. The molecule has 2 aromatic heterocycles. The number of aromatic nitrogens is 2. The summed E-state index contributed by atoms with van der Waals surface area (Å²) in [4.78, 5) is 29.4. The highest BCUT2D eigenvalue weighted by Crippen LogP contribution is 2.29. The SMILES string of the molecule is COc1ccc(NC(=O)CCn2cnc3sccc3c2=O)c(OC)c1. The lowest BCUT2D eigenvalue weighted by Crippen LogP contribution is -2.23. The maximum absolute atomic E-state index is 12.3. The maximum atomic E-state index is 12.3. The van der Waals surface area contributed by atoms with Gasteiger partial charge in [-0.2, -0.15) is 0 Å². The molecule has 0 bridgehead atoms. The van der Waals surface area contributed by atoms with E-state index in [2.05, 4.69) is 10.3 Å². The van der Waals surface area contributed by atoms with E-state index in [0.717, 1.165) is 0 Å². The molecule has 0 aliphatic heterocycles. The highest BCUT2D eigenvalue weighted by atomic mass is 32.1. The zero-order valence-electron chi connectivity index (χ0n) is 13.8. The molecule has 0 aliphatic rings. The molecule has 0 saturated heterocycles. The van der Waals surface area contributed by atoms with Crippen LogP contribution < -0.4 is 20.3 Å². The third-order valence-electron chi connectivity index (χ3n) is 3.71. The lowest BCUT2D eigenvalue weighted by molar-refractivity contribution is -0.116. The molecule has 0 fully saturated rings. The van der Waals surface area contributed by atoms with Gasteiger partial charge in [0, 0.05) is 19.0 Å². The Morgan fingerprint density at radius 1 is 1.28 bits per heavy atom. The Morgan fingerprint density at radius 2 is 2.12 bits per heavy atom. The number of nitrogens with one attached hydrogen (secondary N) is 1. The molecule has 8 heteroatoms. The number of ether oxygens (including phenoxy) is 2. The summed E-state index contributed by atoms with van der Waals surface area (Å²) in [6, 6.07) is 6.88. The minimum Gasteiger partial charge on any atom is -0.497 e. The van der Waals surface area contributed by atoms with Crippen molar-refractivity contribution in [2.24, 2.45) is 0 Å². The number of carbonyl (C=O) groups is 1. The van der Waals surface area contributed by atoms with E-state index in [1.807, 2.05) is 5.38 Å². The van der Waals surface area contributed by atoms with Gasteiger partial charge >= 0.3 is 0 Å². The van der Waals surface area contributed by atoms with Crippen LogP contribution in [0.1, 0.15) is 6.42 Å². The van der Waals surface area contributed by atoms with Gasteiger partial charge in [0.15, 0.2) is 0 Å². The van der Waals surface area contributed by atoms with Crippen molar-refractivity contribution >= 4 is 33.1 Å². The zero-order chi connectivity index (χ0) is 17.8. The number of hydrogen-bond acceptors (Lipinski definition) is 6. The van der Waals surface area contributed by atoms with Gasteiger partial charge in [0.1, 0.15) is 16.3 Å². The predicted octanol–water partition coefficient (Wildman–Crippen LogP) is 2.50. The summed E-state index contributed by atoms with van der Waals surface area (Å²) in [5.74, 6) is 0.920. The summed E-state index contributed by atoms with van der Waals surface area (Å²) in [7, 11) is 3.08. The van der Waals surface area contributed by atoms with Gasteiger partial charge < -0.3 is 14.8 Å². The summed E-state index contributed by atoms with van der Waals surface area (Å²) < 4.78 is 11.8. The smallest absolute Gasteiger partial charge is 0.262 e. The summed E-state index contributed by atoms with van der Waals surface area (Å²) in [5, 5.41) is 5.18. The molecule has 1 N–H and O–H groups in total. The molecule has 0 radical (unpaired) electrons. The van der Waals surface area contributed by atoms with Gasteiger partial charge in [0.2, 0.25) is 5.91 Å². The number of thiophene rings is 1. The van der Waals surface area contributed by atoms with Crippen molar-refractivity contribution in [3.8, 4) is 11.5 Å². The van der Waals surface area contributed by atoms with Gasteiger partial charge in [-0.15, -0.1) is 11.3 Å². The average Bonchev–Trinajstić information content (AvgIpc) is 3.11. The van der Waals surface area contributed by atoms with Crippen molar-refractivity contribution in [3.05, 3.63) is 46.3 Å². The summed E-state index contributed by atoms with van der Waals surface area (Å²) in [5.41, 5.74) is 0.410. The zero-order valence-corrected chi connectivity index (χ0v) is 14.6. The van der Waals surface area contributed by atoms with Gasteiger partial charge in [-0.25, -0.2) is 4.98 Å². The Morgan fingerprint density at radius 3 is 2.88 bits per heavy atom. The van der Waals surface area contributed by atoms with Gasteiger partial charge in [-0.05, 0) is 23.6 Å². The molecular weight excluding hydrogens is 342 g/mol. The van der Waals surface area contributed by atoms with Crippen LogP contribution in [0.4, 0.5) is 5.69 Å². The Bertz CT molecular complexity index is 964. The Labute approximate surface area is 147 Å². The standard InChI is InChI=1S/C17H17N3O4S/c1-23-11-3-4-13(14(9-11)24-2)19-15(21)5-7-20-10-18-16-12(17(20)22)6-8-25-16/h3-4,6,8-10H,5,7H2,1-2H3,(H,19,21). The highest BCUT2D eigenvalue weighted by Gasteiger charge is 2.10. The van der Waals surface area contributed by atoms with Crippen molar-refractivity contribution in [1.82, 2.24) is 9.55 Å². The van der Waals surface area contributed by atoms with Crippen LogP contribution >= 0.6 is 11.3 Å². The highest BCUT2D eigenvalue weighted by molar-refractivity contribution is 7.16. The van der Waals surface area contributed by atoms with Gasteiger partial charge in [0.25, 0.3) is 5.56 Å². The normalized spacial score (nSPS) is 10.6. The molecule has 25 heavy (non-hydrogen) atoms. The number of benzene rings is 1. The van der Waals surface area contributed by atoms with Gasteiger partial charge in [0.05, 0.1) is 31.6 Å². The second-order valence-corrected chi connectivity index (χ2v) is 6.14. The van der Waals surface area contributed by atoms with Gasteiger partial charge in [-0.1, -0.05) is 0 Å². The minimum absolute atomic E-state index is 0.138. The van der Waals surface area contributed by atoms with Crippen LogP contribution in [0, 0.1) is 0 Å². The number of hydrogen-bond donors (Lipinski definition) is 1. The van der Waals surface area contributed by atoms with Crippen LogP contribution in [0.2, 0.25) is 0 Å². The second-order valence-electron chi connectivity index (χ2n) is 5.25. The van der Waals surface area contributed by atoms with E-state index >= 15 is 0 Å². The van der Waals surface area contributed by atoms with E-state index < -0.39 is 0 Å². The number of aryl methyl sites for hydroxylation is 1. The van der Waals surface area contributed by atoms with Crippen molar-refractivity contribution in [3.63, 3.8) is 0 Å². The van der Waals surface area contributed by atoms with E-state index in [0.29, 0.717) is 27.4 Å². The topological polar surface area (TPSA) is 82.5 Å². The summed E-state index contributed by atoms with van der Waals surface area (Å²) in [6.07, 6.45) is 1.62. The molecule has 3 rings (SSSR count). The van der Waals surface area contributed by atoms with E-state index in [-0.39, 0.29) is 24.4 Å². The number of carbonyl (C=O) groups excluding carboxylic acids is 1. The van der Waals surface area contributed by atoms with Gasteiger partial charge in [-0.3, -0.25) is 14.2 Å². The predicted molar refractivity (Wildman–Crippen MR) is 96.7 cm³/mol. The van der Waals surface area contributed by atoms with Crippen LogP contribution in [0.3, 0.4) is 0 Å². The maximum Gasteiger partial charge on any atom is 0.262 e. The van der Waals surface area contributed by atoms with Crippen LogP contribution in [0.25, 0.3) is 10.2 Å². The second kappa shape index (κ2) is 7.35. The van der Waals surface area contributed by atoms with Crippen LogP contribution in [-0.4, -0.2) is 29.7 Å². The molecule has 0 saturated carbocycles. The lowest BCUT2D eigenvalue weighted by Gasteiger charge is -2.12. The monoisotopic (exact) mass is 359 g/mol. The van der Waals surface area contributed by atoms with Crippen LogP contribution in [-0.2, 0) is 11.3 Å². The Balaban J connectivity index is 1.68. The number of amides is 1. The van der Waals surface area contributed by atoms with E-state index in [9.17, 15) is 9.59 Å². The molecular formula is C17H17N3O4S. The lowest BCUT2D eigenvalue weighted by atomic mass is 10.2. The number of anilines is 1. The molecule has 0 atom stereocenters. The van der Waals surface area contributed by atoms with Crippen LogP contribution in [0.15, 0.2) is 40.8 Å². The Kier molecular flexibility index (Phi) is 4.99. The molecule has 1 aromatic carbocycles. The fraction of sp³-hybridized carbons (Fsp3) is 0.235. The van der Waals surface area contributed by atoms with E-state index in [1.165, 1.54) is 29.3 Å². The fourth-order valence-corrected chi connectivity index (χ4v) is 3.11. The first-order chi connectivity index (χ1) is 12.1. The quantitative estimate of drug-likeness (QED) is 0.731. The number of nitrogens with zero attached hydrogens (tertiary/aromatic N) is 2. The Hall–Kier alpha value is -2.87. The van der Waals surface area contributed by atoms with Crippen molar-refractivity contribution in [1.29, 1.82) is 0 Å². The summed E-state index contributed by atoms with van der Waals surface area (Å²) >= 11 is 1.42. The number of rotatable bonds is 6. The molecule has 0 spiro atoms. The molecule has 3 aromatic rings. The molecule has 1 amide bonds. The van der Waals surface area contributed by atoms with Crippen molar-refractivity contribution < 1.29 is 14.3 Å². The van der Waals surface area contributed by atoms with E-state index in [4.69, 9.17) is 9.47 Å². The summed E-state index contributed by atoms with van der Waals surface area (Å²) in [6.45, 7) is 0.252. The van der Waals surface area contributed by atoms with Crippen molar-refractivity contribution in [2.45, 2.75) is 13.0 Å². The first kappa shape index (κ1) is 17.0. The molecule has 0 aliphatic carbocycles. The first-order valence-electron chi connectivity index (χ1n) is 7.57. The molecule has 0 unspecified atom stereocenters. The van der Waals surface area contributed by atoms with E-state index in [1.54, 1.807) is 31.4 Å². The third-order valence-corrected chi connectivity index (χ3v) is 4.53. The minimum atomic E-state index is -0.221. The average molecular weight is 359 g/mol. The molecule has 2 heterocycles. The first-order valence-corrected chi connectivity index (χ1v) is 8.45.